The van der Waals surface area contributed by atoms with E-state index in [0.29, 0.717) is 0 Å². The molecular weight excluding hydrogens is 483 g/mol. The van der Waals surface area contributed by atoms with Crippen LogP contribution >= 0.6 is 45.3 Å². The van der Waals surface area contributed by atoms with Crippen molar-refractivity contribution in [1.82, 2.24) is 0 Å². The minimum Gasteiger partial charge on any atom is -0.494 e. The summed E-state index contributed by atoms with van der Waals surface area (Å²) in [6, 6.07) is 26.0. The number of halogens is 1. The van der Waals surface area contributed by atoms with Crippen LogP contribution in [0.5, 0.6) is 5.75 Å². The Kier molecular flexibility index (Phi) is 5.95. The SMILES string of the molecule is CCCOc1ccc(-c2ccc(-c3ccc(-c4ccc(I)s4)s3)cc2)cc1. The molecule has 0 radical (unpaired) electrons. The normalized spacial score (nSPS) is 10.9. The molecular formula is C23H19IOS2. The minimum atomic E-state index is 0.765. The molecule has 27 heavy (non-hydrogen) atoms. The first-order chi connectivity index (χ1) is 13.2. The summed E-state index contributed by atoms with van der Waals surface area (Å²) in [7, 11) is 0. The highest BCUT2D eigenvalue weighted by molar-refractivity contribution is 14.1. The monoisotopic (exact) mass is 502 g/mol. The second-order valence-corrected chi connectivity index (χ2v) is 10.3. The molecule has 0 saturated carbocycles. The fourth-order valence-electron chi connectivity index (χ4n) is 2.86. The predicted octanol–water partition coefficient (Wildman–Crippen LogP) is 8.20. The molecule has 4 heteroatoms. The van der Waals surface area contributed by atoms with Gasteiger partial charge in [0.25, 0.3) is 0 Å². The fraction of sp³-hybridized carbons (Fsp3) is 0.130. The molecule has 0 N–H and O–H groups in total. The largest absolute Gasteiger partial charge is 0.494 e. The van der Waals surface area contributed by atoms with Crippen molar-refractivity contribution in [2.75, 3.05) is 6.61 Å². The topological polar surface area (TPSA) is 9.23 Å². The van der Waals surface area contributed by atoms with Crippen LogP contribution in [0.25, 0.3) is 31.3 Å². The molecule has 0 saturated heterocycles. The van der Waals surface area contributed by atoms with Gasteiger partial charge < -0.3 is 4.74 Å². The van der Waals surface area contributed by atoms with Crippen LogP contribution in [0.1, 0.15) is 13.3 Å². The molecule has 2 aromatic carbocycles. The quantitative estimate of drug-likeness (QED) is 0.242. The van der Waals surface area contributed by atoms with E-state index in [1.54, 1.807) is 0 Å². The summed E-state index contributed by atoms with van der Waals surface area (Å²) < 4.78 is 6.99. The Morgan fingerprint density at radius 3 is 1.85 bits per heavy atom. The van der Waals surface area contributed by atoms with Crippen LogP contribution in [0, 0.1) is 2.88 Å². The van der Waals surface area contributed by atoms with Gasteiger partial charge in [0.05, 0.1) is 9.49 Å². The van der Waals surface area contributed by atoms with Gasteiger partial charge in [-0.15, -0.1) is 22.7 Å². The van der Waals surface area contributed by atoms with E-state index >= 15 is 0 Å². The van der Waals surface area contributed by atoms with E-state index in [9.17, 15) is 0 Å². The standard InChI is InChI=1S/C23H19IOS2/c1-2-15-25-19-9-7-17(8-10-19)16-3-5-18(6-4-16)20-11-12-21(26-20)22-13-14-23(24)27-22/h3-14H,2,15H2,1H3. The smallest absolute Gasteiger partial charge is 0.119 e. The van der Waals surface area contributed by atoms with Crippen molar-refractivity contribution in [1.29, 1.82) is 0 Å². The van der Waals surface area contributed by atoms with Crippen LogP contribution in [0.3, 0.4) is 0 Å². The van der Waals surface area contributed by atoms with E-state index in [1.807, 2.05) is 34.8 Å². The molecule has 4 rings (SSSR count). The average molecular weight is 502 g/mol. The second kappa shape index (κ2) is 8.59. The Balaban J connectivity index is 1.51. The molecule has 0 fully saturated rings. The zero-order chi connectivity index (χ0) is 18.6. The van der Waals surface area contributed by atoms with E-state index in [0.717, 1.165) is 18.8 Å². The Hall–Kier alpha value is -1.63. The molecule has 0 spiro atoms. The first kappa shape index (κ1) is 18.7. The van der Waals surface area contributed by atoms with E-state index in [1.165, 1.54) is 34.2 Å². The lowest BCUT2D eigenvalue weighted by Crippen LogP contribution is -1.94. The maximum Gasteiger partial charge on any atom is 0.119 e. The Morgan fingerprint density at radius 1 is 0.667 bits per heavy atom. The molecule has 136 valence electrons. The van der Waals surface area contributed by atoms with Crippen molar-refractivity contribution in [2.45, 2.75) is 13.3 Å². The van der Waals surface area contributed by atoms with E-state index in [-0.39, 0.29) is 0 Å². The van der Waals surface area contributed by atoms with Crippen LogP contribution < -0.4 is 4.74 Å². The van der Waals surface area contributed by atoms with Crippen LogP contribution in [0.2, 0.25) is 0 Å². The van der Waals surface area contributed by atoms with Crippen LogP contribution in [0.4, 0.5) is 0 Å². The van der Waals surface area contributed by atoms with Gasteiger partial charge in [0.1, 0.15) is 5.75 Å². The van der Waals surface area contributed by atoms with Gasteiger partial charge in [-0.1, -0.05) is 43.3 Å². The highest BCUT2D eigenvalue weighted by atomic mass is 127. The Labute approximate surface area is 181 Å². The van der Waals surface area contributed by atoms with Crippen LogP contribution in [-0.2, 0) is 0 Å². The number of hydrogen-bond donors (Lipinski definition) is 0. The van der Waals surface area contributed by atoms with E-state index in [2.05, 4.69) is 90.2 Å². The van der Waals surface area contributed by atoms with Gasteiger partial charge in [-0.25, -0.2) is 0 Å². The van der Waals surface area contributed by atoms with Crippen molar-refractivity contribution in [3.05, 3.63) is 75.7 Å². The Morgan fingerprint density at radius 2 is 1.22 bits per heavy atom. The predicted molar refractivity (Wildman–Crippen MR) is 127 cm³/mol. The van der Waals surface area contributed by atoms with Gasteiger partial charge in [0, 0.05) is 14.6 Å². The lowest BCUT2D eigenvalue weighted by atomic mass is 10.0. The molecule has 0 bridgehead atoms. The van der Waals surface area contributed by atoms with Gasteiger partial charge in [0.15, 0.2) is 0 Å². The molecule has 0 atom stereocenters. The van der Waals surface area contributed by atoms with Crippen molar-refractivity contribution < 1.29 is 4.74 Å². The van der Waals surface area contributed by atoms with E-state index in [4.69, 9.17) is 4.74 Å². The number of rotatable bonds is 6. The highest BCUT2D eigenvalue weighted by Gasteiger charge is 2.07. The Bertz CT molecular complexity index is 1010. The van der Waals surface area contributed by atoms with Crippen molar-refractivity contribution in [2.24, 2.45) is 0 Å². The van der Waals surface area contributed by atoms with Crippen molar-refractivity contribution >= 4 is 45.3 Å². The van der Waals surface area contributed by atoms with Crippen molar-refractivity contribution in [3.63, 3.8) is 0 Å². The number of ether oxygens (including phenoxy) is 1. The van der Waals surface area contributed by atoms with Crippen molar-refractivity contribution in [3.8, 4) is 37.1 Å². The summed E-state index contributed by atoms with van der Waals surface area (Å²) in [5.74, 6) is 0.937. The third kappa shape index (κ3) is 4.45. The number of benzene rings is 2. The number of hydrogen-bond acceptors (Lipinski definition) is 3. The molecule has 0 unspecified atom stereocenters. The summed E-state index contributed by atoms with van der Waals surface area (Å²) in [6.07, 6.45) is 1.03. The first-order valence-corrected chi connectivity index (χ1v) is 11.6. The van der Waals surface area contributed by atoms with Crippen LogP contribution in [0.15, 0.2) is 72.8 Å². The third-order valence-corrected chi connectivity index (χ3v) is 7.48. The zero-order valence-electron chi connectivity index (χ0n) is 14.9. The van der Waals surface area contributed by atoms with Gasteiger partial charge in [-0.3, -0.25) is 0 Å². The third-order valence-electron chi connectivity index (χ3n) is 4.25. The summed E-state index contributed by atoms with van der Waals surface area (Å²) in [5, 5.41) is 0. The molecule has 4 aromatic rings. The first-order valence-electron chi connectivity index (χ1n) is 8.92. The zero-order valence-corrected chi connectivity index (χ0v) is 18.7. The van der Waals surface area contributed by atoms with Crippen LogP contribution in [-0.4, -0.2) is 6.61 Å². The summed E-state index contributed by atoms with van der Waals surface area (Å²) >= 11 is 6.07. The molecule has 1 nitrogen and oxygen atoms in total. The summed E-state index contributed by atoms with van der Waals surface area (Å²) in [6.45, 7) is 2.88. The van der Waals surface area contributed by atoms with Gasteiger partial charge in [0.2, 0.25) is 0 Å². The molecule has 0 aliphatic carbocycles. The van der Waals surface area contributed by atoms with Gasteiger partial charge in [-0.05, 0) is 82.1 Å². The molecule has 0 aliphatic heterocycles. The maximum absolute atomic E-state index is 5.66. The average Bonchev–Trinajstić information content (AvgIpc) is 3.36. The lowest BCUT2D eigenvalue weighted by molar-refractivity contribution is 0.317. The highest BCUT2D eigenvalue weighted by Crippen LogP contribution is 2.38. The maximum atomic E-state index is 5.66. The second-order valence-electron chi connectivity index (χ2n) is 6.22. The fourth-order valence-corrected chi connectivity index (χ4v) is 5.59. The summed E-state index contributed by atoms with van der Waals surface area (Å²) in [5.41, 5.74) is 3.71. The molecule has 2 heterocycles. The molecule has 0 aliphatic rings. The molecule has 0 amide bonds. The summed E-state index contributed by atoms with van der Waals surface area (Å²) in [4.78, 5) is 3.99. The van der Waals surface area contributed by atoms with Gasteiger partial charge in [-0.2, -0.15) is 0 Å². The van der Waals surface area contributed by atoms with Gasteiger partial charge >= 0.3 is 0 Å². The molecule has 2 aromatic heterocycles. The lowest BCUT2D eigenvalue weighted by Gasteiger charge is -2.07. The van der Waals surface area contributed by atoms with E-state index < -0.39 is 0 Å². The number of thiophene rings is 2. The minimum absolute atomic E-state index is 0.765.